The van der Waals surface area contributed by atoms with Crippen LogP contribution in [-0.4, -0.2) is 44.0 Å². The molecule has 4 heteroatoms. The fourth-order valence-electron chi connectivity index (χ4n) is 2.77. The van der Waals surface area contributed by atoms with E-state index in [4.69, 9.17) is 5.73 Å². The van der Waals surface area contributed by atoms with Crippen molar-refractivity contribution in [1.82, 2.24) is 10.2 Å². The predicted molar refractivity (Wildman–Crippen MR) is 86.4 cm³/mol. The van der Waals surface area contributed by atoms with Crippen molar-refractivity contribution in [2.45, 2.75) is 26.2 Å². The van der Waals surface area contributed by atoms with E-state index in [1.54, 1.807) is 0 Å². The van der Waals surface area contributed by atoms with Gasteiger partial charge >= 0.3 is 0 Å². The van der Waals surface area contributed by atoms with Crippen molar-refractivity contribution in [3.05, 3.63) is 35.4 Å². The van der Waals surface area contributed by atoms with E-state index >= 15 is 0 Å². The zero-order chi connectivity index (χ0) is 15.3. The molecule has 1 aromatic rings. The molecule has 0 aromatic heterocycles. The van der Waals surface area contributed by atoms with Gasteiger partial charge in [-0.05, 0) is 69.1 Å². The summed E-state index contributed by atoms with van der Waals surface area (Å²) in [7, 11) is 2.15. The van der Waals surface area contributed by atoms with Crippen molar-refractivity contribution in [3.8, 4) is 0 Å². The summed E-state index contributed by atoms with van der Waals surface area (Å²) in [5, 5.41) is 3.10. The van der Waals surface area contributed by atoms with E-state index in [0.29, 0.717) is 6.54 Å². The molecule has 1 amide bonds. The number of hydrogen-bond acceptors (Lipinski definition) is 3. The fraction of sp³-hybridized carbons (Fsp3) is 0.588. The van der Waals surface area contributed by atoms with Gasteiger partial charge in [-0.1, -0.05) is 19.1 Å². The summed E-state index contributed by atoms with van der Waals surface area (Å²) in [6.45, 7) is 5.85. The zero-order valence-electron chi connectivity index (χ0n) is 13.2. The number of amides is 1. The van der Waals surface area contributed by atoms with E-state index in [2.05, 4.69) is 24.2 Å². The molecule has 0 bridgehead atoms. The highest BCUT2D eigenvalue weighted by Crippen LogP contribution is 2.29. The van der Waals surface area contributed by atoms with Crippen molar-refractivity contribution in [1.29, 1.82) is 0 Å². The van der Waals surface area contributed by atoms with Gasteiger partial charge in [0, 0.05) is 12.1 Å². The van der Waals surface area contributed by atoms with Gasteiger partial charge in [-0.25, -0.2) is 0 Å². The Labute approximate surface area is 127 Å². The van der Waals surface area contributed by atoms with E-state index in [1.165, 1.54) is 0 Å². The molecular weight excluding hydrogens is 262 g/mol. The molecule has 1 fully saturated rings. The Morgan fingerprint density at radius 2 is 2.10 bits per heavy atom. The minimum Gasteiger partial charge on any atom is -0.351 e. The monoisotopic (exact) mass is 289 g/mol. The molecule has 0 atom stereocenters. The van der Waals surface area contributed by atoms with Crippen LogP contribution in [0.3, 0.4) is 0 Å². The fourth-order valence-corrected chi connectivity index (χ4v) is 2.77. The third-order valence-electron chi connectivity index (χ3n) is 4.49. The first kappa shape index (κ1) is 16.0. The maximum absolute atomic E-state index is 12.3. The van der Waals surface area contributed by atoms with Crippen molar-refractivity contribution in [3.63, 3.8) is 0 Å². The van der Waals surface area contributed by atoms with Crippen molar-refractivity contribution < 1.29 is 4.79 Å². The summed E-state index contributed by atoms with van der Waals surface area (Å²) >= 11 is 0. The number of rotatable bonds is 5. The molecule has 0 spiro atoms. The Hall–Kier alpha value is -1.39. The molecule has 3 N–H and O–H groups in total. The summed E-state index contributed by atoms with van der Waals surface area (Å²) in [5.74, 6) is 0.0222. The van der Waals surface area contributed by atoms with Crippen LogP contribution in [0.25, 0.3) is 0 Å². The van der Waals surface area contributed by atoms with E-state index in [-0.39, 0.29) is 11.3 Å². The van der Waals surface area contributed by atoms with Crippen LogP contribution in [0, 0.1) is 5.41 Å². The summed E-state index contributed by atoms with van der Waals surface area (Å²) in [6.07, 6.45) is 3.08. The molecule has 1 aromatic carbocycles. The smallest absolute Gasteiger partial charge is 0.251 e. The van der Waals surface area contributed by atoms with Gasteiger partial charge in [-0.15, -0.1) is 0 Å². The van der Waals surface area contributed by atoms with E-state index in [1.807, 2.05) is 24.3 Å². The van der Waals surface area contributed by atoms with Crippen LogP contribution in [0.15, 0.2) is 24.3 Å². The predicted octanol–water partition coefficient (Wildman–Crippen LogP) is 1.65. The number of hydrogen-bond donors (Lipinski definition) is 2. The highest BCUT2D eigenvalue weighted by molar-refractivity contribution is 5.94. The van der Waals surface area contributed by atoms with Crippen molar-refractivity contribution in [2.75, 3.05) is 33.2 Å². The minimum absolute atomic E-state index is 0.0222. The van der Waals surface area contributed by atoms with Crippen LogP contribution < -0.4 is 11.1 Å². The second kappa shape index (κ2) is 7.05. The summed E-state index contributed by atoms with van der Waals surface area (Å²) in [6, 6.07) is 7.75. The average Bonchev–Trinajstić information content (AvgIpc) is 2.49. The Kier molecular flexibility index (Phi) is 5.37. The van der Waals surface area contributed by atoms with Crippen LogP contribution in [0.1, 0.15) is 35.7 Å². The van der Waals surface area contributed by atoms with Gasteiger partial charge in [0.1, 0.15) is 0 Å². The molecule has 0 aliphatic carbocycles. The SMILES string of the molecule is CN1CCC(C)(CNC(=O)c2cccc(CCN)c2)CC1. The highest BCUT2D eigenvalue weighted by Gasteiger charge is 2.29. The Balaban J connectivity index is 1.91. The maximum atomic E-state index is 12.3. The second-order valence-electron chi connectivity index (χ2n) is 6.54. The van der Waals surface area contributed by atoms with Crippen LogP contribution >= 0.6 is 0 Å². The average molecular weight is 289 g/mol. The molecule has 2 rings (SSSR count). The number of carbonyl (C=O) groups is 1. The first-order valence-electron chi connectivity index (χ1n) is 7.78. The van der Waals surface area contributed by atoms with Crippen molar-refractivity contribution >= 4 is 5.91 Å². The molecule has 0 saturated carbocycles. The number of piperidine rings is 1. The number of likely N-dealkylation sites (tertiary alicyclic amines) is 1. The lowest BCUT2D eigenvalue weighted by molar-refractivity contribution is 0.0891. The van der Waals surface area contributed by atoms with E-state index in [9.17, 15) is 4.79 Å². The number of nitrogens with one attached hydrogen (secondary N) is 1. The Morgan fingerprint density at radius 3 is 2.76 bits per heavy atom. The van der Waals surface area contributed by atoms with Gasteiger partial charge < -0.3 is 16.0 Å². The molecular formula is C17H27N3O. The molecule has 1 aliphatic rings. The largest absolute Gasteiger partial charge is 0.351 e. The summed E-state index contributed by atoms with van der Waals surface area (Å²) in [4.78, 5) is 14.6. The molecule has 1 heterocycles. The van der Waals surface area contributed by atoms with Gasteiger partial charge in [0.25, 0.3) is 5.91 Å². The van der Waals surface area contributed by atoms with Gasteiger partial charge in [-0.2, -0.15) is 0 Å². The Morgan fingerprint density at radius 1 is 1.38 bits per heavy atom. The van der Waals surface area contributed by atoms with Gasteiger partial charge in [0.2, 0.25) is 0 Å². The quantitative estimate of drug-likeness (QED) is 0.866. The first-order valence-corrected chi connectivity index (χ1v) is 7.78. The van der Waals surface area contributed by atoms with Crippen molar-refractivity contribution in [2.24, 2.45) is 11.1 Å². The third kappa shape index (κ3) is 4.55. The summed E-state index contributed by atoms with van der Waals surface area (Å²) < 4.78 is 0. The number of carbonyl (C=O) groups excluding carboxylic acids is 1. The minimum atomic E-state index is 0.0222. The van der Waals surface area contributed by atoms with Gasteiger partial charge in [0.05, 0.1) is 0 Å². The molecule has 1 aliphatic heterocycles. The molecule has 116 valence electrons. The Bertz CT molecular complexity index is 479. The summed E-state index contributed by atoms with van der Waals surface area (Å²) in [5.41, 5.74) is 7.64. The zero-order valence-corrected chi connectivity index (χ0v) is 13.2. The van der Waals surface area contributed by atoms with Crippen LogP contribution in [0.4, 0.5) is 0 Å². The lowest BCUT2D eigenvalue weighted by Crippen LogP contribution is -2.43. The highest BCUT2D eigenvalue weighted by atomic mass is 16.1. The van der Waals surface area contributed by atoms with Crippen LogP contribution in [0.2, 0.25) is 0 Å². The lowest BCUT2D eigenvalue weighted by atomic mass is 9.80. The standard InChI is InChI=1S/C17H27N3O/c1-17(7-10-20(2)11-8-17)13-19-16(21)15-5-3-4-14(12-15)6-9-18/h3-5,12H,6-11,13,18H2,1-2H3,(H,19,21). The second-order valence-corrected chi connectivity index (χ2v) is 6.54. The van der Waals surface area contributed by atoms with Gasteiger partial charge in [0.15, 0.2) is 0 Å². The normalized spacial score (nSPS) is 18.4. The third-order valence-corrected chi connectivity index (χ3v) is 4.49. The topological polar surface area (TPSA) is 58.4 Å². The molecule has 1 saturated heterocycles. The van der Waals surface area contributed by atoms with E-state index < -0.39 is 0 Å². The van der Waals surface area contributed by atoms with Crippen LogP contribution in [0.5, 0.6) is 0 Å². The number of nitrogens with two attached hydrogens (primary N) is 1. The van der Waals surface area contributed by atoms with E-state index in [0.717, 1.165) is 50.0 Å². The van der Waals surface area contributed by atoms with Gasteiger partial charge in [-0.3, -0.25) is 4.79 Å². The molecule has 4 nitrogen and oxygen atoms in total. The number of benzene rings is 1. The lowest BCUT2D eigenvalue weighted by Gasteiger charge is -2.37. The molecule has 21 heavy (non-hydrogen) atoms. The number of nitrogens with zero attached hydrogens (tertiary/aromatic N) is 1. The van der Waals surface area contributed by atoms with Crippen LogP contribution in [-0.2, 0) is 6.42 Å². The maximum Gasteiger partial charge on any atom is 0.251 e. The molecule has 0 radical (unpaired) electrons. The first-order chi connectivity index (χ1) is 10.0. The molecule has 0 unspecified atom stereocenters.